The van der Waals surface area contributed by atoms with Crippen molar-refractivity contribution in [1.29, 1.82) is 0 Å². The molecule has 0 aliphatic heterocycles. The van der Waals surface area contributed by atoms with Crippen molar-refractivity contribution in [3.63, 3.8) is 0 Å². The van der Waals surface area contributed by atoms with Gasteiger partial charge in [-0.3, -0.25) is 0 Å². The predicted octanol–water partition coefficient (Wildman–Crippen LogP) is 2.75. The summed E-state index contributed by atoms with van der Waals surface area (Å²) in [6.45, 7) is 6.51. The zero-order valence-electron chi connectivity index (χ0n) is 10.1. The van der Waals surface area contributed by atoms with Gasteiger partial charge in [0.25, 0.3) is 0 Å². The number of nitrogens with zero attached hydrogens (tertiary/aromatic N) is 2. The third-order valence-electron chi connectivity index (χ3n) is 2.47. The van der Waals surface area contributed by atoms with E-state index >= 15 is 0 Å². The molecule has 0 unspecified atom stereocenters. The van der Waals surface area contributed by atoms with Crippen LogP contribution in [0.2, 0.25) is 0 Å². The molecule has 1 rings (SSSR count). The summed E-state index contributed by atoms with van der Waals surface area (Å²) in [5.41, 5.74) is 8.91. The zero-order chi connectivity index (χ0) is 12.0. The van der Waals surface area contributed by atoms with Crippen LogP contribution in [0.15, 0.2) is 46.7 Å². The van der Waals surface area contributed by atoms with E-state index in [1.54, 1.807) is 6.21 Å². The number of nitrogens with two attached hydrogens (primary N) is 1. The molecule has 0 bridgehead atoms. The van der Waals surface area contributed by atoms with E-state index in [1.807, 2.05) is 56.1 Å². The fourth-order valence-corrected chi connectivity index (χ4v) is 1.36. The average molecular weight is 217 g/mol. The first-order chi connectivity index (χ1) is 7.70. The molecule has 0 aliphatic carbocycles. The molecular weight excluding hydrogens is 198 g/mol. The Morgan fingerprint density at radius 1 is 1.31 bits per heavy atom. The minimum Gasteiger partial charge on any atom is -0.327 e. The average Bonchev–Trinajstić information content (AvgIpc) is 2.35. The summed E-state index contributed by atoms with van der Waals surface area (Å²) in [6.07, 6.45) is 1.78. The number of para-hydroxylation sites is 1. The Morgan fingerprint density at radius 3 is 2.44 bits per heavy atom. The molecular formula is C13H19N3. The Kier molecular flexibility index (Phi) is 4.73. The van der Waals surface area contributed by atoms with E-state index < -0.39 is 0 Å². The summed E-state index contributed by atoms with van der Waals surface area (Å²) < 4.78 is 0. The van der Waals surface area contributed by atoms with Gasteiger partial charge in [0.15, 0.2) is 0 Å². The Hall–Kier alpha value is -1.61. The van der Waals surface area contributed by atoms with Gasteiger partial charge in [0.2, 0.25) is 0 Å². The molecule has 0 fully saturated rings. The van der Waals surface area contributed by atoms with Gasteiger partial charge >= 0.3 is 0 Å². The van der Waals surface area contributed by atoms with Gasteiger partial charge in [0.05, 0.1) is 5.69 Å². The topological polar surface area (TPSA) is 41.6 Å². The van der Waals surface area contributed by atoms with E-state index in [2.05, 4.69) is 5.10 Å². The van der Waals surface area contributed by atoms with Crippen molar-refractivity contribution in [3.8, 4) is 0 Å². The molecule has 0 radical (unpaired) electrons. The van der Waals surface area contributed by atoms with Crippen molar-refractivity contribution in [2.24, 2.45) is 10.8 Å². The minimum atomic E-state index is 0.550. The first-order valence-electron chi connectivity index (χ1n) is 5.41. The molecule has 0 saturated carbocycles. The highest BCUT2D eigenvalue weighted by Crippen LogP contribution is 2.20. The van der Waals surface area contributed by atoms with Gasteiger partial charge < -0.3 is 5.73 Å². The Balaban J connectivity index is 3.11. The van der Waals surface area contributed by atoms with Gasteiger partial charge in [-0.1, -0.05) is 18.2 Å². The summed E-state index contributed by atoms with van der Waals surface area (Å²) in [4.78, 5) is 0. The Labute approximate surface area is 97.3 Å². The van der Waals surface area contributed by atoms with Crippen molar-refractivity contribution in [2.45, 2.75) is 20.8 Å². The van der Waals surface area contributed by atoms with Crippen LogP contribution < -0.4 is 10.7 Å². The van der Waals surface area contributed by atoms with Gasteiger partial charge in [0, 0.05) is 18.5 Å². The number of allylic oxidation sites excluding steroid dienone is 1. The van der Waals surface area contributed by atoms with Crippen LogP contribution in [-0.4, -0.2) is 12.8 Å². The number of rotatable bonds is 4. The van der Waals surface area contributed by atoms with Gasteiger partial charge in [-0.05, 0) is 38.5 Å². The van der Waals surface area contributed by atoms with Crippen molar-refractivity contribution in [3.05, 3.63) is 41.6 Å². The number of benzene rings is 1. The van der Waals surface area contributed by atoms with E-state index in [1.165, 1.54) is 0 Å². The third kappa shape index (κ3) is 2.94. The van der Waals surface area contributed by atoms with Crippen LogP contribution in [0, 0.1) is 0 Å². The molecule has 2 N–H and O–H groups in total. The van der Waals surface area contributed by atoms with Crippen LogP contribution >= 0.6 is 0 Å². The lowest BCUT2D eigenvalue weighted by molar-refractivity contribution is 0.950. The Morgan fingerprint density at radius 2 is 1.94 bits per heavy atom. The van der Waals surface area contributed by atoms with E-state index in [0.717, 1.165) is 17.0 Å². The number of anilines is 1. The quantitative estimate of drug-likeness (QED) is 0.622. The summed E-state index contributed by atoms with van der Waals surface area (Å²) in [7, 11) is 0. The smallest absolute Gasteiger partial charge is 0.0648 e. The molecule has 3 heteroatoms. The highest BCUT2D eigenvalue weighted by molar-refractivity contribution is 5.60. The molecule has 1 aromatic carbocycles. The maximum atomic E-state index is 5.65. The normalized spacial score (nSPS) is 12.8. The fraction of sp³-hybridized carbons (Fsp3) is 0.308. The monoisotopic (exact) mass is 217 g/mol. The summed E-state index contributed by atoms with van der Waals surface area (Å²) in [6, 6.07) is 10.0. The van der Waals surface area contributed by atoms with Crippen molar-refractivity contribution >= 4 is 11.9 Å². The van der Waals surface area contributed by atoms with Crippen molar-refractivity contribution < 1.29 is 0 Å². The molecule has 86 valence electrons. The van der Waals surface area contributed by atoms with Crippen LogP contribution in [-0.2, 0) is 0 Å². The van der Waals surface area contributed by atoms with Gasteiger partial charge in [0.1, 0.15) is 0 Å². The molecule has 3 nitrogen and oxygen atoms in total. The summed E-state index contributed by atoms with van der Waals surface area (Å²) in [5, 5.41) is 6.26. The summed E-state index contributed by atoms with van der Waals surface area (Å²) in [5.74, 6) is 0. The highest BCUT2D eigenvalue weighted by atomic mass is 15.5. The molecule has 0 amide bonds. The SMILES string of the molecule is C/C=N\N(/C(C)=C(\C)CN)c1ccccc1. The van der Waals surface area contributed by atoms with Crippen LogP contribution in [0.5, 0.6) is 0 Å². The molecule has 1 aromatic rings. The molecule has 16 heavy (non-hydrogen) atoms. The molecule has 0 saturated heterocycles. The lowest BCUT2D eigenvalue weighted by Crippen LogP contribution is -2.17. The number of hydrogen-bond donors (Lipinski definition) is 1. The largest absolute Gasteiger partial charge is 0.327 e. The van der Waals surface area contributed by atoms with Gasteiger partial charge in [-0.25, -0.2) is 5.01 Å². The lowest BCUT2D eigenvalue weighted by Gasteiger charge is -2.21. The highest BCUT2D eigenvalue weighted by Gasteiger charge is 2.07. The molecule has 0 heterocycles. The standard InChI is InChI=1S/C13H19N3/c1-4-15-16(12(3)11(2)10-14)13-8-6-5-7-9-13/h4-9H,10,14H2,1-3H3/b12-11+,15-4-. The fourth-order valence-electron chi connectivity index (χ4n) is 1.36. The van der Waals surface area contributed by atoms with Crippen LogP contribution in [0.25, 0.3) is 0 Å². The summed E-state index contributed by atoms with van der Waals surface area (Å²) >= 11 is 0. The first-order valence-corrected chi connectivity index (χ1v) is 5.41. The molecule has 0 aromatic heterocycles. The maximum absolute atomic E-state index is 5.65. The van der Waals surface area contributed by atoms with Crippen LogP contribution in [0.3, 0.4) is 0 Å². The Bertz CT molecular complexity index is 379. The third-order valence-corrected chi connectivity index (χ3v) is 2.47. The molecule has 0 atom stereocenters. The lowest BCUT2D eigenvalue weighted by atomic mass is 10.2. The van der Waals surface area contributed by atoms with Gasteiger partial charge in [-0.2, -0.15) is 5.10 Å². The zero-order valence-corrected chi connectivity index (χ0v) is 10.1. The van der Waals surface area contributed by atoms with E-state index in [9.17, 15) is 0 Å². The predicted molar refractivity (Wildman–Crippen MR) is 70.5 cm³/mol. The molecule has 0 spiro atoms. The minimum absolute atomic E-state index is 0.550. The second kappa shape index (κ2) is 6.08. The molecule has 0 aliphatic rings. The number of hydrogen-bond acceptors (Lipinski definition) is 3. The maximum Gasteiger partial charge on any atom is 0.0648 e. The van der Waals surface area contributed by atoms with E-state index in [4.69, 9.17) is 5.73 Å². The van der Waals surface area contributed by atoms with Crippen LogP contribution in [0.1, 0.15) is 20.8 Å². The first kappa shape index (κ1) is 12.5. The van der Waals surface area contributed by atoms with Crippen molar-refractivity contribution in [1.82, 2.24) is 0 Å². The second-order valence-electron chi connectivity index (χ2n) is 3.59. The van der Waals surface area contributed by atoms with E-state index in [0.29, 0.717) is 6.54 Å². The van der Waals surface area contributed by atoms with Crippen molar-refractivity contribution in [2.75, 3.05) is 11.6 Å². The van der Waals surface area contributed by atoms with Crippen LogP contribution in [0.4, 0.5) is 5.69 Å². The van der Waals surface area contributed by atoms with E-state index in [-0.39, 0.29) is 0 Å². The number of hydrazone groups is 1. The second-order valence-corrected chi connectivity index (χ2v) is 3.59. The van der Waals surface area contributed by atoms with Gasteiger partial charge in [-0.15, -0.1) is 0 Å².